The van der Waals surface area contributed by atoms with Crippen LogP contribution >= 0.6 is 0 Å². The molecule has 8 heteroatoms. The van der Waals surface area contributed by atoms with Gasteiger partial charge in [0, 0.05) is 31.8 Å². The van der Waals surface area contributed by atoms with Crippen LogP contribution < -0.4 is 9.47 Å². The van der Waals surface area contributed by atoms with Crippen LogP contribution in [0.1, 0.15) is 28.6 Å². The Bertz CT molecular complexity index is 990. The quantitative estimate of drug-likeness (QED) is 0.566. The molecule has 0 unspecified atom stereocenters. The zero-order chi connectivity index (χ0) is 20.9. The number of fused-ring (bicyclic) bond motifs is 1. The summed E-state index contributed by atoms with van der Waals surface area (Å²) in [6.07, 6.45) is 0.977. The Morgan fingerprint density at radius 3 is 2.63 bits per heavy atom. The minimum absolute atomic E-state index is 0.161. The standard InChI is InChI=1S/C22H27N5O3/c1-28-13-12-27-22(23-24-25-27)21(19-9-8-18(29-2)14-20(19)30-3)26-11-10-16-6-4-5-7-17(16)15-26/h4-9,14,21H,10-13,15H2,1-3H3/t21-/m0/s1. The van der Waals surface area contributed by atoms with Crippen molar-refractivity contribution in [3.63, 3.8) is 0 Å². The van der Waals surface area contributed by atoms with Crippen LogP contribution in [-0.2, 0) is 24.2 Å². The molecular formula is C22H27N5O3. The van der Waals surface area contributed by atoms with E-state index in [1.807, 2.05) is 22.9 Å². The molecule has 4 rings (SSSR count). The van der Waals surface area contributed by atoms with Crippen LogP contribution in [0.2, 0.25) is 0 Å². The van der Waals surface area contributed by atoms with Gasteiger partial charge in [-0.05, 0) is 40.1 Å². The van der Waals surface area contributed by atoms with Gasteiger partial charge in [-0.15, -0.1) is 5.10 Å². The molecule has 0 bridgehead atoms. The molecule has 2 aromatic carbocycles. The third-order valence-electron chi connectivity index (χ3n) is 5.57. The predicted octanol–water partition coefficient (Wildman–Crippen LogP) is 2.48. The van der Waals surface area contributed by atoms with Gasteiger partial charge in [0.25, 0.3) is 0 Å². The number of ether oxygens (including phenoxy) is 3. The molecular weight excluding hydrogens is 382 g/mol. The molecule has 2 heterocycles. The Balaban J connectivity index is 1.78. The lowest BCUT2D eigenvalue weighted by Crippen LogP contribution is -2.36. The van der Waals surface area contributed by atoms with Crippen LogP contribution in [0.5, 0.6) is 11.5 Å². The molecule has 0 saturated heterocycles. The number of rotatable bonds is 8. The highest BCUT2D eigenvalue weighted by molar-refractivity contribution is 5.45. The molecule has 0 amide bonds. The average molecular weight is 409 g/mol. The number of hydrogen-bond donors (Lipinski definition) is 0. The smallest absolute Gasteiger partial charge is 0.173 e. The molecule has 0 saturated carbocycles. The topological polar surface area (TPSA) is 74.5 Å². The first-order chi connectivity index (χ1) is 14.7. The average Bonchev–Trinajstić information content (AvgIpc) is 3.26. The van der Waals surface area contributed by atoms with E-state index >= 15 is 0 Å². The summed E-state index contributed by atoms with van der Waals surface area (Å²) in [6, 6.07) is 14.3. The van der Waals surface area contributed by atoms with Crippen LogP contribution in [0.15, 0.2) is 42.5 Å². The van der Waals surface area contributed by atoms with Gasteiger partial charge in [-0.25, -0.2) is 4.68 Å². The zero-order valence-corrected chi connectivity index (χ0v) is 17.6. The molecule has 1 atom stereocenters. The fourth-order valence-corrected chi connectivity index (χ4v) is 4.03. The SMILES string of the molecule is COCCn1nnnc1[C@H](c1ccc(OC)cc1OC)N1CCc2ccccc2C1. The van der Waals surface area contributed by atoms with Crippen molar-refractivity contribution in [3.8, 4) is 11.5 Å². The fraction of sp³-hybridized carbons (Fsp3) is 0.409. The molecule has 0 spiro atoms. The molecule has 30 heavy (non-hydrogen) atoms. The number of methoxy groups -OCH3 is 3. The minimum atomic E-state index is -0.161. The summed E-state index contributed by atoms with van der Waals surface area (Å²) in [5.74, 6) is 2.27. The van der Waals surface area contributed by atoms with Crippen LogP contribution in [0.3, 0.4) is 0 Å². The second kappa shape index (κ2) is 9.23. The molecule has 8 nitrogen and oxygen atoms in total. The highest BCUT2D eigenvalue weighted by Crippen LogP contribution is 2.38. The molecule has 0 radical (unpaired) electrons. The lowest BCUT2D eigenvalue weighted by molar-refractivity contribution is 0.168. The first-order valence-electron chi connectivity index (χ1n) is 10.0. The lowest BCUT2D eigenvalue weighted by Gasteiger charge is -2.35. The summed E-state index contributed by atoms with van der Waals surface area (Å²) < 4.78 is 18.2. The van der Waals surface area contributed by atoms with Crippen LogP contribution in [0, 0.1) is 0 Å². The van der Waals surface area contributed by atoms with Crippen LogP contribution in [-0.4, -0.2) is 59.6 Å². The molecule has 1 aliphatic heterocycles. The number of nitrogens with zero attached hydrogens (tertiary/aromatic N) is 5. The Morgan fingerprint density at radius 2 is 1.87 bits per heavy atom. The van der Waals surface area contributed by atoms with E-state index in [4.69, 9.17) is 14.2 Å². The van der Waals surface area contributed by atoms with Gasteiger partial charge in [0.15, 0.2) is 5.82 Å². The van der Waals surface area contributed by atoms with E-state index in [-0.39, 0.29) is 6.04 Å². The summed E-state index contributed by atoms with van der Waals surface area (Å²) in [7, 11) is 5.00. The van der Waals surface area contributed by atoms with E-state index in [9.17, 15) is 0 Å². The molecule has 1 aromatic heterocycles. The first kappa shape index (κ1) is 20.3. The van der Waals surface area contributed by atoms with Crippen LogP contribution in [0.25, 0.3) is 0 Å². The maximum Gasteiger partial charge on any atom is 0.173 e. The normalized spacial score (nSPS) is 14.9. The van der Waals surface area contributed by atoms with E-state index in [1.54, 1.807) is 21.3 Å². The molecule has 3 aromatic rings. The number of benzene rings is 2. The molecule has 1 aliphatic rings. The number of tetrazole rings is 1. The van der Waals surface area contributed by atoms with E-state index in [2.05, 4.69) is 44.7 Å². The van der Waals surface area contributed by atoms with Crippen molar-refractivity contribution in [2.75, 3.05) is 34.5 Å². The number of aromatic nitrogens is 4. The van der Waals surface area contributed by atoms with Gasteiger partial charge in [-0.3, -0.25) is 4.90 Å². The van der Waals surface area contributed by atoms with Crippen molar-refractivity contribution in [1.29, 1.82) is 0 Å². The zero-order valence-electron chi connectivity index (χ0n) is 17.6. The molecule has 158 valence electrons. The van der Waals surface area contributed by atoms with Crippen molar-refractivity contribution < 1.29 is 14.2 Å². The van der Waals surface area contributed by atoms with Gasteiger partial charge in [-0.1, -0.05) is 24.3 Å². The maximum absolute atomic E-state index is 5.74. The first-order valence-corrected chi connectivity index (χ1v) is 10.0. The van der Waals surface area contributed by atoms with Crippen molar-refractivity contribution in [2.45, 2.75) is 25.6 Å². The van der Waals surface area contributed by atoms with Crippen molar-refractivity contribution >= 4 is 0 Å². The third kappa shape index (κ3) is 4.01. The molecule has 0 N–H and O–H groups in total. The van der Waals surface area contributed by atoms with E-state index in [0.29, 0.717) is 13.2 Å². The maximum atomic E-state index is 5.74. The highest BCUT2D eigenvalue weighted by Gasteiger charge is 2.32. The van der Waals surface area contributed by atoms with Gasteiger partial charge in [0.2, 0.25) is 0 Å². The van der Waals surface area contributed by atoms with Gasteiger partial charge >= 0.3 is 0 Å². The molecule has 0 aliphatic carbocycles. The third-order valence-corrected chi connectivity index (χ3v) is 5.57. The molecule has 0 fully saturated rings. The Hall–Kier alpha value is -2.97. The number of hydrogen-bond acceptors (Lipinski definition) is 7. The lowest BCUT2D eigenvalue weighted by atomic mass is 9.95. The summed E-state index contributed by atoms with van der Waals surface area (Å²) in [5, 5.41) is 12.6. The van der Waals surface area contributed by atoms with Gasteiger partial charge < -0.3 is 14.2 Å². The second-order valence-corrected chi connectivity index (χ2v) is 7.25. The monoisotopic (exact) mass is 409 g/mol. The van der Waals surface area contributed by atoms with Crippen LogP contribution in [0.4, 0.5) is 0 Å². The summed E-state index contributed by atoms with van der Waals surface area (Å²) in [5.41, 5.74) is 3.73. The fourth-order valence-electron chi connectivity index (χ4n) is 4.03. The highest BCUT2D eigenvalue weighted by atomic mass is 16.5. The van der Waals surface area contributed by atoms with Crippen molar-refractivity contribution in [1.82, 2.24) is 25.1 Å². The second-order valence-electron chi connectivity index (χ2n) is 7.25. The van der Waals surface area contributed by atoms with Gasteiger partial charge in [0.05, 0.1) is 27.4 Å². The largest absolute Gasteiger partial charge is 0.497 e. The summed E-state index contributed by atoms with van der Waals surface area (Å²) in [4.78, 5) is 2.40. The summed E-state index contributed by atoms with van der Waals surface area (Å²) in [6.45, 7) is 2.83. The van der Waals surface area contributed by atoms with E-state index in [0.717, 1.165) is 42.4 Å². The Kier molecular flexibility index (Phi) is 6.25. The van der Waals surface area contributed by atoms with Gasteiger partial charge in [0.1, 0.15) is 17.5 Å². The summed E-state index contributed by atoms with van der Waals surface area (Å²) >= 11 is 0. The Labute approximate surface area is 176 Å². The van der Waals surface area contributed by atoms with Crippen molar-refractivity contribution in [3.05, 3.63) is 65.0 Å². The van der Waals surface area contributed by atoms with E-state index < -0.39 is 0 Å². The minimum Gasteiger partial charge on any atom is -0.497 e. The van der Waals surface area contributed by atoms with Gasteiger partial charge in [-0.2, -0.15) is 0 Å². The van der Waals surface area contributed by atoms with E-state index in [1.165, 1.54) is 11.1 Å². The Morgan fingerprint density at radius 1 is 1.03 bits per heavy atom. The predicted molar refractivity (Wildman–Crippen MR) is 112 cm³/mol. The van der Waals surface area contributed by atoms with Crippen molar-refractivity contribution in [2.24, 2.45) is 0 Å².